The average molecular weight is 383 g/mol. The van der Waals surface area contributed by atoms with Crippen molar-refractivity contribution in [3.05, 3.63) is 63.2 Å². The number of nitrogens with zero attached hydrogens (tertiary/aromatic N) is 2. The van der Waals surface area contributed by atoms with Gasteiger partial charge in [0.1, 0.15) is 5.76 Å². The third-order valence-electron chi connectivity index (χ3n) is 5.22. The molecule has 0 radical (unpaired) electrons. The van der Waals surface area contributed by atoms with E-state index in [1.165, 1.54) is 27.1 Å². The Balaban J connectivity index is 1.86. The zero-order chi connectivity index (χ0) is 19.9. The highest BCUT2D eigenvalue weighted by molar-refractivity contribution is 8.00. The molecule has 0 aliphatic heterocycles. The molecule has 0 saturated carbocycles. The van der Waals surface area contributed by atoms with Crippen molar-refractivity contribution in [1.29, 1.82) is 0 Å². The largest absolute Gasteiger partial charge is 0.360 e. The first-order valence-corrected chi connectivity index (χ1v) is 10.0. The van der Waals surface area contributed by atoms with Gasteiger partial charge in [-0.1, -0.05) is 11.2 Å². The van der Waals surface area contributed by atoms with Gasteiger partial charge in [-0.25, -0.2) is 0 Å². The van der Waals surface area contributed by atoms with Crippen molar-refractivity contribution in [3.63, 3.8) is 0 Å². The molecule has 2 aromatic heterocycles. The molecule has 4 nitrogen and oxygen atoms in total. The molecular formula is C22H26N2O2S. The van der Waals surface area contributed by atoms with Gasteiger partial charge in [0.2, 0.25) is 0 Å². The van der Waals surface area contributed by atoms with Gasteiger partial charge in [0, 0.05) is 27.9 Å². The van der Waals surface area contributed by atoms with Crippen LogP contribution in [0.4, 0.5) is 0 Å². The molecule has 0 saturated heterocycles. The lowest BCUT2D eigenvalue weighted by Gasteiger charge is -2.14. The van der Waals surface area contributed by atoms with Crippen molar-refractivity contribution in [3.8, 4) is 5.82 Å². The first-order chi connectivity index (χ1) is 12.7. The Morgan fingerprint density at radius 1 is 1.00 bits per heavy atom. The van der Waals surface area contributed by atoms with Crippen LogP contribution in [0.25, 0.3) is 5.82 Å². The van der Waals surface area contributed by atoms with E-state index < -0.39 is 0 Å². The Hall–Kier alpha value is -2.27. The van der Waals surface area contributed by atoms with Crippen molar-refractivity contribution in [2.45, 2.75) is 53.4 Å². The minimum Gasteiger partial charge on any atom is -0.360 e. The van der Waals surface area contributed by atoms with Crippen molar-refractivity contribution < 1.29 is 9.32 Å². The van der Waals surface area contributed by atoms with Crippen LogP contribution in [0, 0.1) is 48.5 Å². The van der Waals surface area contributed by atoms with E-state index in [0.29, 0.717) is 5.75 Å². The van der Waals surface area contributed by atoms with Gasteiger partial charge in [-0.2, -0.15) is 0 Å². The van der Waals surface area contributed by atoms with Gasteiger partial charge in [-0.05, 0) is 76.8 Å². The maximum absolute atomic E-state index is 13.0. The second-order valence-corrected chi connectivity index (χ2v) is 8.20. The smallest absolute Gasteiger partial charge is 0.180 e. The van der Waals surface area contributed by atoms with Gasteiger partial charge in [-0.15, -0.1) is 11.8 Å². The summed E-state index contributed by atoms with van der Waals surface area (Å²) >= 11 is 1.64. The number of rotatable bonds is 5. The zero-order valence-corrected chi connectivity index (χ0v) is 17.9. The number of carbonyl (C=O) groups excluding carboxylic acids is 1. The molecular weight excluding hydrogens is 356 g/mol. The summed E-state index contributed by atoms with van der Waals surface area (Å²) in [4.78, 5) is 14.2. The predicted octanol–water partition coefficient (Wildman–Crippen LogP) is 5.60. The van der Waals surface area contributed by atoms with E-state index in [1.807, 2.05) is 37.5 Å². The number of Topliss-reactive ketones (excluding diaryl/α,β-unsaturated/α-hetero) is 1. The SMILES string of the molecule is Cc1cc(-n2c(C)cc(C(=O)CSc3c(C)c(C)cc(C)c3C)c2C)no1. The predicted molar refractivity (Wildman–Crippen MR) is 110 cm³/mol. The van der Waals surface area contributed by atoms with E-state index >= 15 is 0 Å². The first-order valence-electron chi connectivity index (χ1n) is 9.06. The second-order valence-electron chi connectivity index (χ2n) is 7.22. The van der Waals surface area contributed by atoms with Gasteiger partial charge in [-0.3, -0.25) is 9.36 Å². The van der Waals surface area contributed by atoms with E-state index in [9.17, 15) is 4.79 Å². The minimum absolute atomic E-state index is 0.137. The fourth-order valence-electron chi connectivity index (χ4n) is 3.47. The summed E-state index contributed by atoms with van der Waals surface area (Å²) in [6.07, 6.45) is 0. The Morgan fingerprint density at radius 3 is 2.19 bits per heavy atom. The molecule has 0 fully saturated rings. The van der Waals surface area contributed by atoms with Crippen LogP contribution in [0.1, 0.15) is 49.8 Å². The second kappa shape index (κ2) is 7.39. The topological polar surface area (TPSA) is 48.0 Å². The number of thioether (sulfide) groups is 1. The van der Waals surface area contributed by atoms with E-state index in [1.54, 1.807) is 11.8 Å². The molecule has 1 aromatic carbocycles. The fourth-order valence-corrected chi connectivity index (χ4v) is 4.65. The maximum Gasteiger partial charge on any atom is 0.180 e. The molecule has 142 valence electrons. The molecule has 0 aliphatic rings. The molecule has 2 heterocycles. The summed E-state index contributed by atoms with van der Waals surface area (Å²) < 4.78 is 7.17. The lowest BCUT2D eigenvalue weighted by molar-refractivity contribution is 0.102. The van der Waals surface area contributed by atoms with Crippen LogP contribution in [-0.4, -0.2) is 21.3 Å². The number of hydrogen-bond donors (Lipinski definition) is 0. The third kappa shape index (κ3) is 3.61. The lowest BCUT2D eigenvalue weighted by atomic mass is 10.0. The molecule has 0 N–H and O–H groups in total. The number of carbonyl (C=O) groups is 1. The summed E-state index contributed by atoms with van der Waals surface area (Å²) in [5.74, 6) is 2.03. The molecule has 3 rings (SSSR count). The molecule has 0 amide bonds. The van der Waals surface area contributed by atoms with Gasteiger partial charge in [0.15, 0.2) is 11.6 Å². The summed E-state index contributed by atoms with van der Waals surface area (Å²) in [6, 6.07) is 6.04. The van der Waals surface area contributed by atoms with Gasteiger partial charge in [0.25, 0.3) is 0 Å². The monoisotopic (exact) mass is 382 g/mol. The fraction of sp³-hybridized carbons (Fsp3) is 0.364. The van der Waals surface area contributed by atoms with Crippen LogP contribution in [0.15, 0.2) is 27.6 Å². The number of benzene rings is 1. The van der Waals surface area contributed by atoms with E-state index in [4.69, 9.17) is 4.52 Å². The van der Waals surface area contributed by atoms with Crippen molar-refractivity contribution in [2.24, 2.45) is 0 Å². The highest BCUT2D eigenvalue weighted by Crippen LogP contribution is 2.32. The molecule has 5 heteroatoms. The molecule has 3 aromatic rings. The van der Waals surface area contributed by atoms with Crippen molar-refractivity contribution >= 4 is 17.5 Å². The van der Waals surface area contributed by atoms with Crippen LogP contribution < -0.4 is 0 Å². The van der Waals surface area contributed by atoms with Gasteiger partial charge >= 0.3 is 0 Å². The Kier molecular flexibility index (Phi) is 5.33. The minimum atomic E-state index is 0.137. The third-order valence-corrected chi connectivity index (χ3v) is 6.53. The van der Waals surface area contributed by atoms with E-state index in [0.717, 1.165) is 28.5 Å². The lowest BCUT2D eigenvalue weighted by Crippen LogP contribution is -2.06. The van der Waals surface area contributed by atoms with Crippen LogP contribution >= 0.6 is 11.8 Å². The summed E-state index contributed by atoms with van der Waals surface area (Å²) in [6.45, 7) is 14.3. The van der Waals surface area contributed by atoms with Crippen LogP contribution in [0.3, 0.4) is 0 Å². The van der Waals surface area contributed by atoms with Crippen LogP contribution in [0.2, 0.25) is 0 Å². The average Bonchev–Trinajstić information content (AvgIpc) is 3.15. The number of aryl methyl sites for hydroxylation is 4. The summed E-state index contributed by atoms with van der Waals surface area (Å²) in [5, 5.41) is 4.09. The van der Waals surface area contributed by atoms with Crippen molar-refractivity contribution in [2.75, 3.05) is 5.75 Å². The standard InChI is InChI=1S/C22H26N2O2S/c1-12-8-13(2)17(6)22(16(12)5)27-11-20(25)19-9-14(3)24(18(19)7)21-10-15(4)26-23-21/h8-10H,11H2,1-7H3. The van der Waals surface area contributed by atoms with E-state index in [2.05, 4.69) is 38.9 Å². The Labute approximate surface area is 164 Å². The molecule has 27 heavy (non-hydrogen) atoms. The first kappa shape index (κ1) is 19.5. The molecule has 0 bridgehead atoms. The Morgan fingerprint density at radius 2 is 1.63 bits per heavy atom. The summed E-state index contributed by atoms with van der Waals surface area (Å²) in [7, 11) is 0. The highest BCUT2D eigenvalue weighted by atomic mass is 32.2. The van der Waals surface area contributed by atoms with Gasteiger partial charge in [0.05, 0.1) is 5.75 Å². The van der Waals surface area contributed by atoms with E-state index in [-0.39, 0.29) is 5.78 Å². The molecule has 0 atom stereocenters. The normalized spacial score (nSPS) is 11.2. The maximum atomic E-state index is 13.0. The zero-order valence-electron chi connectivity index (χ0n) is 17.1. The summed E-state index contributed by atoms with van der Waals surface area (Å²) in [5.41, 5.74) is 7.70. The van der Waals surface area contributed by atoms with Crippen LogP contribution in [-0.2, 0) is 0 Å². The number of ketones is 1. The van der Waals surface area contributed by atoms with Gasteiger partial charge < -0.3 is 4.52 Å². The molecule has 0 spiro atoms. The quantitative estimate of drug-likeness (QED) is 0.426. The number of aromatic nitrogens is 2. The molecule has 0 aliphatic carbocycles. The Bertz CT molecular complexity index is 1000. The number of hydrogen-bond acceptors (Lipinski definition) is 4. The highest BCUT2D eigenvalue weighted by Gasteiger charge is 2.19. The molecule has 0 unspecified atom stereocenters. The van der Waals surface area contributed by atoms with Crippen molar-refractivity contribution in [1.82, 2.24) is 9.72 Å². The van der Waals surface area contributed by atoms with Crippen LogP contribution in [0.5, 0.6) is 0 Å².